The summed E-state index contributed by atoms with van der Waals surface area (Å²) in [6, 6.07) is 8.93. The Kier molecular flexibility index (Phi) is 4.06. The van der Waals surface area contributed by atoms with Gasteiger partial charge in [0.1, 0.15) is 0 Å². The Morgan fingerprint density at radius 1 is 1.25 bits per heavy atom. The van der Waals surface area contributed by atoms with Crippen molar-refractivity contribution in [1.29, 1.82) is 0 Å². The SMILES string of the molecule is Cc1ccccc1C(C)NC1=NCC2(CCCC2)CS1. The van der Waals surface area contributed by atoms with E-state index in [4.69, 9.17) is 4.99 Å². The van der Waals surface area contributed by atoms with Crippen molar-refractivity contribution in [3.8, 4) is 0 Å². The summed E-state index contributed by atoms with van der Waals surface area (Å²) in [5.74, 6) is 1.25. The van der Waals surface area contributed by atoms with E-state index in [2.05, 4.69) is 43.4 Å². The molecule has 1 aromatic carbocycles. The van der Waals surface area contributed by atoms with Crippen LogP contribution in [-0.2, 0) is 0 Å². The molecule has 3 heteroatoms. The van der Waals surface area contributed by atoms with Crippen LogP contribution in [0.4, 0.5) is 0 Å². The van der Waals surface area contributed by atoms with Gasteiger partial charge in [0.05, 0.1) is 6.04 Å². The van der Waals surface area contributed by atoms with Crippen LogP contribution in [0.5, 0.6) is 0 Å². The third-order valence-corrected chi connectivity index (χ3v) is 6.01. The van der Waals surface area contributed by atoms with Crippen molar-refractivity contribution < 1.29 is 0 Å². The van der Waals surface area contributed by atoms with E-state index in [9.17, 15) is 0 Å². The van der Waals surface area contributed by atoms with Gasteiger partial charge in [-0.3, -0.25) is 4.99 Å². The number of amidine groups is 1. The molecule has 0 amide bonds. The van der Waals surface area contributed by atoms with Crippen molar-refractivity contribution >= 4 is 16.9 Å². The lowest BCUT2D eigenvalue weighted by atomic mass is 9.89. The topological polar surface area (TPSA) is 24.4 Å². The van der Waals surface area contributed by atoms with Crippen LogP contribution in [0.25, 0.3) is 0 Å². The quantitative estimate of drug-likeness (QED) is 0.877. The van der Waals surface area contributed by atoms with Crippen molar-refractivity contribution in [3.63, 3.8) is 0 Å². The smallest absolute Gasteiger partial charge is 0.157 e. The van der Waals surface area contributed by atoms with E-state index in [1.165, 1.54) is 42.6 Å². The van der Waals surface area contributed by atoms with E-state index in [1.807, 2.05) is 11.8 Å². The highest BCUT2D eigenvalue weighted by molar-refractivity contribution is 8.13. The van der Waals surface area contributed by atoms with Gasteiger partial charge >= 0.3 is 0 Å². The maximum atomic E-state index is 4.83. The van der Waals surface area contributed by atoms with Crippen molar-refractivity contribution in [2.24, 2.45) is 10.4 Å². The number of hydrogen-bond acceptors (Lipinski definition) is 3. The van der Waals surface area contributed by atoms with Gasteiger partial charge in [-0.1, -0.05) is 48.9 Å². The fourth-order valence-corrected chi connectivity index (χ4v) is 4.64. The van der Waals surface area contributed by atoms with Crippen molar-refractivity contribution in [1.82, 2.24) is 5.32 Å². The maximum absolute atomic E-state index is 4.83. The van der Waals surface area contributed by atoms with Gasteiger partial charge in [-0.05, 0) is 43.2 Å². The molecule has 0 saturated heterocycles. The molecule has 2 nitrogen and oxygen atoms in total. The minimum absolute atomic E-state index is 0.333. The molecule has 0 bridgehead atoms. The van der Waals surface area contributed by atoms with Gasteiger partial charge in [0, 0.05) is 12.3 Å². The minimum Gasteiger partial charge on any atom is -0.358 e. The highest BCUT2D eigenvalue weighted by Crippen LogP contribution is 2.43. The summed E-state index contributed by atoms with van der Waals surface area (Å²) >= 11 is 1.93. The zero-order chi connectivity index (χ0) is 14.0. The Balaban J connectivity index is 1.64. The third kappa shape index (κ3) is 2.88. The largest absolute Gasteiger partial charge is 0.358 e. The average molecular weight is 288 g/mol. The van der Waals surface area contributed by atoms with Gasteiger partial charge < -0.3 is 5.32 Å². The fraction of sp³-hybridized carbons (Fsp3) is 0.588. The van der Waals surface area contributed by atoms with Crippen LogP contribution in [0.15, 0.2) is 29.3 Å². The van der Waals surface area contributed by atoms with Gasteiger partial charge in [-0.15, -0.1) is 0 Å². The molecular formula is C17H24N2S. The number of hydrogen-bond donors (Lipinski definition) is 1. The molecule has 1 aromatic rings. The molecule has 1 atom stereocenters. The van der Waals surface area contributed by atoms with E-state index in [0.29, 0.717) is 11.5 Å². The van der Waals surface area contributed by atoms with Crippen LogP contribution in [0.2, 0.25) is 0 Å². The molecular weight excluding hydrogens is 264 g/mol. The molecule has 20 heavy (non-hydrogen) atoms. The molecule has 1 saturated carbocycles. The zero-order valence-corrected chi connectivity index (χ0v) is 13.3. The van der Waals surface area contributed by atoms with E-state index in [0.717, 1.165) is 11.7 Å². The predicted octanol–water partition coefficient (Wildman–Crippen LogP) is 4.31. The summed E-state index contributed by atoms with van der Waals surface area (Å²) in [6.45, 7) is 5.44. The zero-order valence-electron chi connectivity index (χ0n) is 12.5. The Morgan fingerprint density at radius 2 is 2.00 bits per heavy atom. The molecule has 108 valence electrons. The van der Waals surface area contributed by atoms with Gasteiger partial charge in [0.25, 0.3) is 0 Å². The molecule has 1 heterocycles. The molecule has 0 aromatic heterocycles. The number of aryl methyl sites for hydroxylation is 1. The second-order valence-electron chi connectivity index (χ2n) is 6.34. The molecule has 1 unspecified atom stereocenters. The fourth-order valence-electron chi connectivity index (χ4n) is 3.40. The van der Waals surface area contributed by atoms with Crippen LogP contribution in [0.1, 0.15) is 49.8 Å². The Morgan fingerprint density at radius 3 is 2.65 bits per heavy atom. The Hall–Kier alpha value is -0.960. The highest BCUT2D eigenvalue weighted by Gasteiger charge is 2.36. The monoisotopic (exact) mass is 288 g/mol. The molecule has 1 fully saturated rings. The molecule has 1 aliphatic heterocycles. The Labute approximate surface area is 126 Å². The summed E-state index contributed by atoms with van der Waals surface area (Å²) in [5, 5.41) is 4.73. The van der Waals surface area contributed by atoms with Gasteiger partial charge in [0.15, 0.2) is 5.17 Å². The molecule has 0 radical (unpaired) electrons. The van der Waals surface area contributed by atoms with Crippen LogP contribution < -0.4 is 5.32 Å². The van der Waals surface area contributed by atoms with Crippen molar-refractivity contribution in [2.45, 2.75) is 45.6 Å². The van der Waals surface area contributed by atoms with Crippen molar-refractivity contribution in [2.75, 3.05) is 12.3 Å². The summed E-state index contributed by atoms with van der Waals surface area (Å²) in [5.41, 5.74) is 3.25. The molecule has 3 rings (SSSR count). The van der Waals surface area contributed by atoms with Gasteiger partial charge in [-0.2, -0.15) is 0 Å². The first-order valence-electron chi connectivity index (χ1n) is 7.68. The van der Waals surface area contributed by atoms with Gasteiger partial charge in [-0.25, -0.2) is 0 Å². The van der Waals surface area contributed by atoms with E-state index >= 15 is 0 Å². The second-order valence-corrected chi connectivity index (χ2v) is 7.30. The number of nitrogens with zero attached hydrogens (tertiary/aromatic N) is 1. The predicted molar refractivity (Wildman–Crippen MR) is 88.4 cm³/mol. The van der Waals surface area contributed by atoms with E-state index in [-0.39, 0.29) is 0 Å². The highest BCUT2D eigenvalue weighted by atomic mass is 32.2. The first-order valence-corrected chi connectivity index (χ1v) is 8.66. The number of thioether (sulfide) groups is 1. The summed E-state index contributed by atoms with van der Waals surface area (Å²) in [4.78, 5) is 4.83. The molecule has 1 spiro atoms. The average Bonchev–Trinajstić information content (AvgIpc) is 2.90. The first kappa shape index (κ1) is 14.0. The van der Waals surface area contributed by atoms with Crippen LogP contribution in [0.3, 0.4) is 0 Å². The second kappa shape index (κ2) is 5.80. The molecule has 2 aliphatic rings. The molecule has 1 N–H and O–H groups in total. The summed E-state index contributed by atoms with van der Waals surface area (Å²) in [7, 11) is 0. The standard InChI is InChI=1S/C17H24N2S/c1-13-7-3-4-8-15(13)14(2)19-16-18-11-17(12-20-16)9-5-6-10-17/h3-4,7-8,14H,5-6,9-12H2,1-2H3,(H,18,19). The summed E-state index contributed by atoms with van der Waals surface area (Å²) in [6.07, 6.45) is 5.56. The number of rotatable bonds is 2. The van der Waals surface area contributed by atoms with E-state index < -0.39 is 0 Å². The Bertz CT molecular complexity index is 503. The lowest BCUT2D eigenvalue weighted by Crippen LogP contribution is -2.34. The lowest BCUT2D eigenvalue weighted by Gasteiger charge is -2.32. The minimum atomic E-state index is 0.333. The van der Waals surface area contributed by atoms with Crippen molar-refractivity contribution in [3.05, 3.63) is 35.4 Å². The van der Waals surface area contributed by atoms with Crippen LogP contribution in [-0.4, -0.2) is 17.5 Å². The molecule has 1 aliphatic carbocycles. The third-order valence-electron chi connectivity index (χ3n) is 4.73. The number of nitrogens with one attached hydrogen (secondary N) is 1. The number of benzene rings is 1. The maximum Gasteiger partial charge on any atom is 0.157 e. The van der Waals surface area contributed by atoms with Crippen LogP contribution in [0, 0.1) is 12.3 Å². The number of aliphatic imine (C=N–C) groups is 1. The van der Waals surface area contributed by atoms with E-state index in [1.54, 1.807) is 0 Å². The van der Waals surface area contributed by atoms with Gasteiger partial charge in [0.2, 0.25) is 0 Å². The first-order chi connectivity index (χ1) is 9.69. The van der Waals surface area contributed by atoms with Crippen LogP contribution >= 0.6 is 11.8 Å². The lowest BCUT2D eigenvalue weighted by molar-refractivity contribution is 0.358. The summed E-state index contributed by atoms with van der Waals surface area (Å²) < 4.78 is 0. The normalized spacial score (nSPS) is 22.6.